The molecule has 3 aliphatic heterocycles. The van der Waals surface area contributed by atoms with E-state index < -0.39 is 17.7 Å². The zero-order chi connectivity index (χ0) is 41.5. The Labute approximate surface area is 344 Å². The van der Waals surface area contributed by atoms with Crippen molar-refractivity contribution < 1.29 is 49.0 Å². The number of phenolic OH excluding ortho intramolecular Hbond substituents is 4. The molecule has 4 heterocycles. The van der Waals surface area contributed by atoms with E-state index in [1.165, 1.54) is 24.3 Å². The first-order valence-electron chi connectivity index (χ1n) is 19.8. The maximum absolute atomic E-state index is 13.1. The van der Waals surface area contributed by atoms with Crippen LogP contribution in [0, 0.1) is 0 Å². The number of hydrogen-bond acceptors (Lipinski definition) is 13. The van der Waals surface area contributed by atoms with Crippen LogP contribution in [0.2, 0.25) is 0 Å². The third-order valence-electron chi connectivity index (χ3n) is 11.3. The highest BCUT2D eigenvalue weighted by Gasteiger charge is 2.53. The SMILES string of the molecule is CN(CCCCCCn1cc(COc2ccc3c(c2)Oc2cc(O)ccc2C32OC(=O)c3ccccc32)nn1)Cc1c(O)cc2c(c1O)C(=O)CC(c1ccc(O)cc1)O2. The standard InChI is InChI=1S/C46H42N4O10/c1-49(25-33-37(53)22-42-43(44(33)55)38(54)23-39(58-42)27-10-12-29(51)13-11-27)18-6-2-3-7-19-50-24-28(47-48-50)26-57-31-15-17-36-41(21-31)59-40-20-30(52)14-16-35(40)46(36)34-9-5-4-8-32(34)45(56)60-46/h4-5,8-17,20-22,24,39,51-53,55H,2-3,6-7,18-19,23,25-26H2,1H3. The van der Waals surface area contributed by atoms with Gasteiger partial charge in [-0.25, -0.2) is 4.79 Å². The molecule has 0 saturated carbocycles. The van der Waals surface area contributed by atoms with Crippen molar-refractivity contribution in [3.63, 3.8) is 0 Å². The molecule has 14 heteroatoms. The smallest absolute Gasteiger partial charge is 0.340 e. The minimum absolute atomic E-state index is 0.0220. The topological polar surface area (TPSA) is 186 Å². The van der Waals surface area contributed by atoms with Crippen molar-refractivity contribution in [1.29, 1.82) is 0 Å². The number of aryl methyl sites for hydroxylation is 1. The van der Waals surface area contributed by atoms with Crippen LogP contribution < -0.4 is 14.2 Å². The van der Waals surface area contributed by atoms with Gasteiger partial charge in [-0.05, 0) is 74.5 Å². The molecule has 0 radical (unpaired) electrons. The first-order chi connectivity index (χ1) is 29.1. The number of unbranched alkanes of at least 4 members (excludes halogenated alkanes) is 3. The number of esters is 1. The summed E-state index contributed by atoms with van der Waals surface area (Å²) in [5.41, 5.74) is 2.92. The van der Waals surface area contributed by atoms with Crippen molar-refractivity contribution in [2.24, 2.45) is 0 Å². The van der Waals surface area contributed by atoms with Crippen molar-refractivity contribution in [3.8, 4) is 46.0 Å². The average molecular weight is 811 g/mol. The Morgan fingerprint density at radius 2 is 1.58 bits per heavy atom. The largest absolute Gasteiger partial charge is 0.508 e. The second-order valence-corrected chi connectivity index (χ2v) is 15.4. The molecule has 14 nitrogen and oxygen atoms in total. The Kier molecular flexibility index (Phi) is 10.0. The molecular formula is C46H42N4O10. The average Bonchev–Trinajstić information content (AvgIpc) is 3.81. The maximum Gasteiger partial charge on any atom is 0.340 e. The summed E-state index contributed by atoms with van der Waals surface area (Å²) in [6, 6.07) is 25.2. The maximum atomic E-state index is 13.1. The highest BCUT2D eigenvalue weighted by molar-refractivity contribution is 6.03. The van der Waals surface area contributed by atoms with Crippen LogP contribution in [0.25, 0.3) is 0 Å². The lowest BCUT2D eigenvalue weighted by Crippen LogP contribution is -2.32. The first-order valence-corrected chi connectivity index (χ1v) is 19.8. The molecule has 1 spiro atoms. The molecule has 0 bridgehead atoms. The van der Waals surface area contributed by atoms with Crippen molar-refractivity contribution in [2.45, 2.75) is 63.5 Å². The molecule has 9 rings (SSSR count). The molecule has 3 aliphatic rings. The zero-order valence-corrected chi connectivity index (χ0v) is 32.7. The van der Waals surface area contributed by atoms with Gasteiger partial charge in [-0.1, -0.05) is 48.4 Å². The Bertz CT molecular complexity index is 2630. The summed E-state index contributed by atoms with van der Waals surface area (Å²) in [6.07, 6.45) is 5.00. The molecule has 6 aromatic rings. The Balaban J connectivity index is 0.750. The molecular weight excluding hydrogens is 769 g/mol. The Hall–Kier alpha value is -7.06. The molecule has 0 fully saturated rings. The van der Waals surface area contributed by atoms with Gasteiger partial charge in [0.05, 0.1) is 23.7 Å². The number of carbonyl (C=O) groups is 2. The number of aromatic hydroxyl groups is 4. The lowest BCUT2D eigenvalue weighted by Gasteiger charge is -2.36. The van der Waals surface area contributed by atoms with Crippen molar-refractivity contribution in [1.82, 2.24) is 19.9 Å². The number of Topliss-reactive ketones (excluding diaryl/α,β-unsaturated/α-hetero) is 1. The van der Waals surface area contributed by atoms with Gasteiger partial charge < -0.3 is 44.3 Å². The van der Waals surface area contributed by atoms with Gasteiger partial charge in [0.2, 0.25) is 0 Å². The van der Waals surface area contributed by atoms with Crippen LogP contribution in [-0.4, -0.2) is 65.7 Å². The highest BCUT2D eigenvalue weighted by atomic mass is 16.6. The van der Waals surface area contributed by atoms with E-state index in [0.29, 0.717) is 57.3 Å². The third-order valence-corrected chi connectivity index (χ3v) is 11.3. The number of phenols is 4. The molecule has 4 N–H and O–H groups in total. The van der Waals surface area contributed by atoms with E-state index in [9.17, 15) is 30.0 Å². The van der Waals surface area contributed by atoms with E-state index in [2.05, 4.69) is 10.3 Å². The molecule has 2 atom stereocenters. The fourth-order valence-electron chi connectivity index (χ4n) is 8.30. The normalized spacial score (nSPS) is 17.3. The lowest BCUT2D eigenvalue weighted by molar-refractivity contribution is 0.0224. The second-order valence-electron chi connectivity index (χ2n) is 15.4. The van der Waals surface area contributed by atoms with E-state index in [1.807, 2.05) is 36.3 Å². The number of fused-ring (bicyclic) bond motifs is 7. The van der Waals surface area contributed by atoms with Crippen LogP contribution in [0.3, 0.4) is 0 Å². The minimum atomic E-state index is -1.24. The Morgan fingerprint density at radius 1 is 0.833 bits per heavy atom. The van der Waals surface area contributed by atoms with Gasteiger partial charge in [-0.2, -0.15) is 0 Å². The fourth-order valence-corrected chi connectivity index (χ4v) is 8.30. The van der Waals surface area contributed by atoms with Crippen LogP contribution >= 0.6 is 0 Å². The van der Waals surface area contributed by atoms with Crippen molar-refractivity contribution in [3.05, 3.63) is 142 Å². The van der Waals surface area contributed by atoms with Gasteiger partial charge in [-0.15, -0.1) is 5.10 Å². The van der Waals surface area contributed by atoms with E-state index in [-0.39, 0.29) is 65.2 Å². The predicted molar refractivity (Wildman–Crippen MR) is 216 cm³/mol. The number of ether oxygens (including phenoxy) is 4. The number of rotatable bonds is 13. The minimum Gasteiger partial charge on any atom is -0.508 e. The number of nitrogens with zero attached hydrogens (tertiary/aromatic N) is 4. The molecule has 60 heavy (non-hydrogen) atoms. The summed E-state index contributed by atoms with van der Waals surface area (Å²) in [5, 5.41) is 50.3. The van der Waals surface area contributed by atoms with Crippen molar-refractivity contribution in [2.75, 3.05) is 13.6 Å². The predicted octanol–water partition coefficient (Wildman–Crippen LogP) is 7.65. The molecule has 1 aromatic heterocycles. The van der Waals surface area contributed by atoms with Crippen LogP contribution in [-0.2, 0) is 30.0 Å². The number of ketones is 1. The van der Waals surface area contributed by atoms with Gasteiger partial charge in [0.15, 0.2) is 11.4 Å². The third kappa shape index (κ3) is 7.08. The molecule has 5 aromatic carbocycles. The van der Waals surface area contributed by atoms with E-state index in [0.717, 1.165) is 32.2 Å². The summed E-state index contributed by atoms with van der Waals surface area (Å²) in [4.78, 5) is 28.2. The fraction of sp³-hybridized carbons (Fsp3) is 0.261. The van der Waals surface area contributed by atoms with E-state index >= 15 is 0 Å². The van der Waals surface area contributed by atoms with E-state index in [1.54, 1.807) is 53.2 Å². The number of aromatic nitrogens is 3. The summed E-state index contributed by atoms with van der Waals surface area (Å²) < 4.78 is 26.3. The first kappa shape index (κ1) is 38.5. The lowest BCUT2D eigenvalue weighted by atomic mass is 9.77. The van der Waals surface area contributed by atoms with Crippen molar-refractivity contribution >= 4 is 11.8 Å². The molecule has 0 amide bonds. The van der Waals surface area contributed by atoms with Crippen LogP contribution in [0.5, 0.6) is 46.0 Å². The van der Waals surface area contributed by atoms with E-state index in [4.69, 9.17) is 18.9 Å². The quantitative estimate of drug-likeness (QED) is 0.0659. The summed E-state index contributed by atoms with van der Waals surface area (Å²) >= 11 is 0. The molecule has 306 valence electrons. The van der Waals surface area contributed by atoms with Gasteiger partial charge in [0.1, 0.15) is 70.0 Å². The van der Waals surface area contributed by atoms with Gasteiger partial charge in [0, 0.05) is 48.0 Å². The van der Waals surface area contributed by atoms with Crippen LogP contribution in [0.4, 0.5) is 0 Å². The summed E-state index contributed by atoms with van der Waals surface area (Å²) in [7, 11) is 1.90. The summed E-state index contributed by atoms with van der Waals surface area (Å²) in [5.74, 6) is 0.486. The second kappa shape index (κ2) is 15.6. The monoisotopic (exact) mass is 810 g/mol. The number of carbonyl (C=O) groups excluding carboxylic acids is 2. The molecule has 2 unspecified atom stereocenters. The Morgan fingerprint density at radius 3 is 2.42 bits per heavy atom. The molecule has 0 saturated heterocycles. The van der Waals surface area contributed by atoms with Gasteiger partial charge in [-0.3, -0.25) is 9.48 Å². The number of hydrogen-bond donors (Lipinski definition) is 4. The van der Waals surface area contributed by atoms with Crippen LogP contribution in [0.1, 0.15) is 92.4 Å². The highest BCUT2D eigenvalue weighted by Crippen LogP contribution is 2.57. The van der Waals surface area contributed by atoms with Crippen LogP contribution in [0.15, 0.2) is 97.2 Å². The molecule has 0 aliphatic carbocycles. The number of benzene rings is 5. The zero-order valence-electron chi connectivity index (χ0n) is 32.7. The van der Waals surface area contributed by atoms with Gasteiger partial charge in [0.25, 0.3) is 0 Å². The summed E-state index contributed by atoms with van der Waals surface area (Å²) in [6.45, 7) is 1.83. The van der Waals surface area contributed by atoms with Gasteiger partial charge >= 0.3 is 5.97 Å².